The molecule has 3 rings (SSSR count). The first-order valence-corrected chi connectivity index (χ1v) is 9.81. The molecule has 6 heteroatoms. The lowest BCUT2D eigenvalue weighted by Crippen LogP contribution is -2.38. The molecule has 0 spiro atoms. The van der Waals surface area contributed by atoms with E-state index in [0.29, 0.717) is 37.8 Å². The Morgan fingerprint density at radius 2 is 2.23 bits per heavy atom. The van der Waals surface area contributed by atoms with E-state index in [2.05, 4.69) is 0 Å². The molecular formula is C20H25NO4S. The van der Waals surface area contributed by atoms with E-state index in [0.717, 1.165) is 23.3 Å². The van der Waals surface area contributed by atoms with Gasteiger partial charge in [0, 0.05) is 24.6 Å². The number of methoxy groups -OCH3 is 1. The van der Waals surface area contributed by atoms with Crippen molar-refractivity contribution in [2.24, 2.45) is 0 Å². The second-order valence-corrected chi connectivity index (χ2v) is 7.24. The van der Waals surface area contributed by atoms with Crippen molar-refractivity contribution in [3.05, 3.63) is 46.2 Å². The number of thiophene rings is 1. The summed E-state index contributed by atoms with van der Waals surface area (Å²) in [6.07, 6.45) is 1.48. The molecule has 1 amide bonds. The number of benzene rings is 1. The number of ether oxygens (including phenoxy) is 3. The number of carbonyl (C=O) groups is 1. The molecule has 1 atom stereocenters. The highest BCUT2D eigenvalue weighted by Gasteiger charge is 2.27. The molecular weight excluding hydrogens is 350 g/mol. The second kappa shape index (κ2) is 9.05. The summed E-state index contributed by atoms with van der Waals surface area (Å²) in [4.78, 5) is 15.6. The van der Waals surface area contributed by atoms with Crippen LogP contribution >= 0.6 is 11.3 Å². The quantitative estimate of drug-likeness (QED) is 0.703. The van der Waals surface area contributed by atoms with Gasteiger partial charge < -0.3 is 19.1 Å². The Bertz CT molecular complexity index is 711. The van der Waals surface area contributed by atoms with E-state index in [4.69, 9.17) is 14.2 Å². The normalized spacial score (nSPS) is 16.5. The fourth-order valence-electron chi connectivity index (χ4n) is 3.02. The Kier molecular flexibility index (Phi) is 6.52. The topological polar surface area (TPSA) is 48.0 Å². The minimum absolute atomic E-state index is 0.0713. The summed E-state index contributed by atoms with van der Waals surface area (Å²) < 4.78 is 16.9. The van der Waals surface area contributed by atoms with Crippen molar-refractivity contribution in [3.8, 4) is 11.5 Å². The van der Waals surface area contributed by atoms with Crippen molar-refractivity contribution >= 4 is 17.2 Å². The van der Waals surface area contributed by atoms with Crippen LogP contribution in [0.5, 0.6) is 11.5 Å². The predicted molar refractivity (Wildman–Crippen MR) is 102 cm³/mol. The van der Waals surface area contributed by atoms with Crippen molar-refractivity contribution in [2.45, 2.75) is 39.0 Å². The lowest BCUT2D eigenvalue weighted by Gasteiger charge is -2.24. The van der Waals surface area contributed by atoms with E-state index in [-0.39, 0.29) is 12.0 Å². The Balaban J connectivity index is 1.66. The third kappa shape index (κ3) is 4.56. The summed E-state index contributed by atoms with van der Waals surface area (Å²) in [6, 6.07) is 9.88. The number of nitrogens with zero attached hydrogens (tertiary/aromatic N) is 1. The van der Waals surface area contributed by atoms with Crippen molar-refractivity contribution in [1.29, 1.82) is 0 Å². The molecule has 0 aliphatic carbocycles. The summed E-state index contributed by atoms with van der Waals surface area (Å²) in [5, 5.41) is 2.03. The van der Waals surface area contributed by atoms with Gasteiger partial charge in [0.15, 0.2) is 11.5 Å². The van der Waals surface area contributed by atoms with Crippen molar-refractivity contribution in [3.63, 3.8) is 0 Å². The van der Waals surface area contributed by atoms with Gasteiger partial charge in [0.25, 0.3) is 5.91 Å². The Morgan fingerprint density at radius 3 is 2.88 bits per heavy atom. The lowest BCUT2D eigenvalue weighted by atomic mass is 10.1. The van der Waals surface area contributed by atoms with Crippen LogP contribution in [-0.4, -0.2) is 37.2 Å². The molecule has 1 aromatic carbocycles. The standard InChI is InChI=1S/C20H25NO4S/c1-3-21(20(22)18-7-4-10-24-18)13-15-8-9-17(19(12-15)23-2)25-14-16-6-5-11-26-16/h5-6,8-9,11-12,18H,3-4,7,10,13-14H2,1-2H3. The number of amides is 1. The van der Waals surface area contributed by atoms with Gasteiger partial charge in [0.05, 0.1) is 7.11 Å². The summed E-state index contributed by atoms with van der Waals surface area (Å²) in [6.45, 7) is 4.38. The SMILES string of the molecule is CCN(Cc1ccc(OCc2cccs2)c(OC)c1)C(=O)C1CCCO1. The molecule has 1 aliphatic rings. The highest BCUT2D eigenvalue weighted by Crippen LogP contribution is 2.30. The summed E-state index contributed by atoms with van der Waals surface area (Å²) in [7, 11) is 1.63. The number of hydrogen-bond donors (Lipinski definition) is 0. The van der Waals surface area contributed by atoms with Crippen LogP contribution in [-0.2, 0) is 22.7 Å². The molecule has 0 N–H and O–H groups in total. The van der Waals surface area contributed by atoms with Crippen LogP contribution in [0.1, 0.15) is 30.2 Å². The zero-order chi connectivity index (χ0) is 18.4. The van der Waals surface area contributed by atoms with Crippen molar-refractivity contribution in [2.75, 3.05) is 20.3 Å². The third-order valence-corrected chi connectivity index (χ3v) is 5.30. The van der Waals surface area contributed by atoms with Crippen LogP contribution in [0.25, 0.3) is 0 Å². The third-order valence-electron chi connectivity index (χ3n) is 4.45. The Morgan fingerprint density at radius 1 is 1.35 bits per heavy atom. The molecule has 2 heterocycles. The van der Waals surface area contributed by atoms with E-state index in [1.54, 1.807) is 18.4 Å². The van der Waals surface area contributed by atoms with Crippen molar-refractivity contribution in [1.82, 2.24) is 4.90 Å². The highest BCUT2D eigenvalue weighted by atomic mass is 32.1. The molecule has 1 saturated heterocycles. The van der Waals surface area contributed by atoms with E-state index >= 15 is 0 Å². The largest absolute Gasteiger partial charge is 0.493 e. The van der Waals surface area contributed by atoms with E-state index in [9.17, 15) is 4.79 Å². The molecule has 1 aromatic heterocycles. The molecule has 2 aromatic rings. The minimum Gasteiger partial charge on any atom is -0.493 e. The van der Waals surface area contributed by atoms with Crippen LogP contribution in [0, 0.1) is 0 Å². The first-order valence-electron chi connectivity index (χ1n) is 8.93. The molecule has 5 nitrogen and oxygen atoms in total. The monoisotopic (exact) mass is 375 g/mol. The maximum Gasteiger partial charge on any atom is 0.251 e. The molecule has 1 fully saturated rings. The number of rotatable bonds is 8. The van der Waals surface area contributed by atoms with Gasteiger partial charge >= 0.3 is 0 Å². The Hall–Kier alpha value is -2.05. The number of likely N-dealkylation sites (N-methyl/N-ethyl adjacent to an activating group) is 1. The Labute approximate surface area is 158 Å². The van der Waals surface area contributed by atoms with E-state index in [1.165, 1.54) is 0 Å². The first kappa shape index (κ1) is 18.7. The fraction of sp³-hybridized carbons (Fsp3) is 0.450. The minimum atomic E-state index is -0.287. The van der Waals surface area contributed by atoms with Gasteiger partial charge in [-0.25, -0.2) is 0 Å². The van der Waals surface area contributed by atoms with Crippen LogP contribution in [0.4, 0.5) is 0 Å². The fourth-order valence-corrected chi connectivity index (χ4v) is 3.63. The molecule has 26 heavy (non-hydrogen) atoms. The number of hydrogen-bond acceptors (Lipinski definition) is 5. The van der Waals surface area contributed by atoms with Crippen LogP contribution in [0.3, 0.4) is 0 Å². The van der Waals surface area contributed by atoms with Crippen molar-refractivity contribution < 1.29 is 19.0 Å². The first-order chi connectivity index (χ1) is 12.7. The maximum atomic E-state index is 12.6. The molecule has 140 valence electrons. The van der Waals surface area contributed by atoms with Gasteiger partial charge in [-0.3, -0.25) is 4.79 Å². The zero-order valence-corrected chi connectivity index (χ0v) is 16.1. The summed E-state index contributed by atoms with van der Waals surface area (Å²) in [5.74, 6) is 1.46. The van der Waals surface area contributed by atoms with Gasteiger partial charge in [-0.15, -0.1) is 11.3 Å². The predicted octanol–water partition coefficient (Wildman–Crippen LogP) is 3.86. The highest BCUT2D eigenvalue weighted by molar-refractivity contribution is 7.09. The van der Waals surface area contributed by atoms with Crippen LogP contribution < -0.4 is 9.47 Å². The molecule has 0 radical (unpaired) electrons. The van der Waals surface area contributed by atoms with Crippen LogP contribution in [0.2, 0.25) is 0 Å². The van der Waals surface area contributed by atoms with Gasteiger partial charge in [-0.1, -0.05) is 12.1 Å². The summed E-state index contributed by atoms with van der Waals surface area (Å²) >= 11 is 1.66. The van der Waals surface area contributed by atoms with Gasteiger partial charge in [-0.2, -0.15) is 0 Å². The average Bonchev–Trinajstić information content (AvgIpc) is 3.38. The lowest BCUT2D eigenvalue weighted by molar-refractivity contribution is -0.141. The van der Waals surface area contributed by atoms with E-state index < -0.39 is 0 Å². The van der Waals surface area contributed by atoms with E-state index in [1.807, 2.05) is 47.5 Å². The average molecular weight is 375 g/mol. The zero-order valence-electron chi connectivity index (χ0n) is 15.3. The second-order valence-electron chi connectivity index (χ2n) is 6.21. The maximum absolute atomic E-state index is 12.6. The molecule has 1 aliphatic heterocycles. The number of carbonyl (C=O) groups excluding carboxylic acids is 1. The van der Waals surface area contributed by atoms with Crippen LogP contribution in [0.15, 0.2) is 35.7 Å². The smallest absolute Gasteiger partial charge is 0.251 e. The van der Waals surface area contributed by atoms with Gasteiger partial charge in [0.1, 0.15) is 12.7 Å². The van der Waals surface area contributed by atoms with Gasteiger partial charge in [0.2, 0.25) is 0 Å². The molecule has 0 bridgehead atoms. The molecule has 0 saturated carbocycles. The van der Waals surface area contributed by atoms with Gasteiger partial charge in [-0.05, 0) is 48.9 Å². The summed E-state index contributed by atoms with van der Waals surface area (Å²) in [5.41, 5.74) is 1.01. The molecule has 1 unspecified atom stereocenters.